The maximum absolute atomic E-state index is 3.47. The fourth-order valence-corrected chi connectivity index (χ4v) is 3.40. The molecule has 1 unspecified atom stereocenters. The van der Waals surface area contributed by atoms with E-state index in [9.17, 15) is 0 Å². The van der Waals surface area contributed by atoms with Gasteiger partial charge in [-0.1, -0.05) is 49.4 Å². The first-order chi connectivity index (χ1) is 11.8. The van der Waals surface area contributed by atoms with E-state index in [0.29, 0.717) is 6.04 Å². The Hall–Kier alpha value is -1.84. The smallest absolute Gasteiger partial charge is 0.0367 e. The first kappa shape index (κ1) is 17.0. The molecule has 0 aromatic heterocycles. The van der Waals surface area contributed by atoms with Crippen molar-refractivity contribution in [3.8, 4) is 0 Å². The average molecular weight is 323 g/mol. The summed E-state index contributed by atoms with van der Waals surface area (Å²) in [6.45, 7) is 10.9. The van der Waals surface area contributed by atoms with Crippen LogP contribution in [0.3, 0.4) is 0 Å². The van der Waals surface area contributed by atoms with Crippen LogP contribution in [0.2, 0.25) is 0 Å². The fraction of sp³-hybridized carbons (Fsp3) is 0.429. The highest BCUT2D eigenvalue weighted by Gasteiger charge is 2.17. The van der Waals surface area contributed by atoms with Gasteiger partial charge in [-0.25, -0.2) is 0 Å². The van der Waals surface area contributed by atoms with Gasteiger partial charge in [-0.15, -0.1) is 0 Å². The third-order valence-electron chi connectivity index (χ3n) is 4.89. The molecule has 1 saturated heterocycles. The third-order valence-corrected chi connectivity index (χ3v) is 4.89. The van der Waals surface area contributed by atoms with Crippen molar-refractivity contribution >= 4 is 5.69 Å². The summed E-state index contributed by atoms with van der Waals surface area (Å²) < 4.78 is 0. The van der Waals surface area contributed by atoms with Gasteiger partial charge in [0.05, 0.1) is 0 Å². The van der Waals surface area contributed by atoms with Gasteiger partial charge in [-0.2, -0.15) is 0 Å². The number of rotatable bonds is 6. The largest absolute Gasteiger partial charge is 0.369 e. The van der Waals surface area contributed by atoms with Gasteiger partial charge in [-0.05, 0) is 36.7 Å². The normalized spacial score (nSPS) is 17.0. The van der Waals surface area contributed by atoms with Crippen molar-refractivity contribution in [1.29, 1.82) is 0 Å². The van der Waals surface area contributed by atoms with Crippen LogP contribution in [-0.2, 0) is 6.54 Å². The van der Waals surface area contributed by atoms with Gasteiger partial charge >= 0.3 is 0 Å². The van der Waals surface area contributed by atoms with E-state index < -0.39 is 0 Å². The van der Waals surface area contributed by atoms with Crippen LogP contribution < -0.4 is 10.2 Å². The summed E-state index contributed by atoms with van der Waals surface area (Å²) in [4.78, 5) is 5.05. The standard InChI is InChI=1S/C21H29N3/c1-3-22-18(2)20-9-11-21(12-10-20)24-15-13-23(14-16-24)17-19-7-5-4-6-8-19/h4-12,18,22H,3,13-17H2,1-2H3. The number of anilines is 1. The Labute approximate surface area is 146 Å². The van der Waals surface area contributed by atoms with Crippen molar-refractivity contribution in [2.45, 2.75) is 26.4 Å². The molecule has 1 N–H and O–H groups in total. The van der Waals surface area contributed by atoms with Gasteiger partial charge < -0.3 is 10.2 Å². The van der Waals surface area contributed by atoms with Crippen LogP contribution in [0.25, 0.3) is 0 Å². The molecule has 128 valence electrons. The summed E-state index contributed by atoms with van der Waals surface area (Å²) >= 11 is 0. The lowest BCUT2D eigenvalue weighted by atomic mass is 10.1. The minimum Gasteiger partial charge on any atom is -0.369 e. The molecular weight excluding hydrogens is 294 g/mol. The second-order valence-corrected chi connectivity index (χ2v) is 6.62. The predicted molar refractivity (Wildman–Crippen MR) is 102 cm³/mol. The number of hydrogen-bond donors (Lipinski definition) is 1. The molecule has 0 spiro atoms. The molecule has 2 aromatic rings. The van der Waals surface area contributed by atoms with Crippen LogP contribution in [0.15, 0.2) is 54.6 Å². The van der Waals surface area contributed by atoms with Gasteiger partial charge in [0.1, 0.15) is 0 Å². The Bertz CT molecular complexity index is 601. The maximum atomic E-state index is 3.47. The number of benzene rings is 2. The van der Waals surface area contributed by atoms with E-state index in [1.165, 1.54) is 16.8 Å². The Morgan fingerprint density at radius 1 is 0.917 bits per heavy atom. The van der Waals surface area contributed by atoms with Gasteiger partial charge in [0.25, 0.3) is 0 Å². The van der Waals surface area contributed by atoms with E-state index in [0.717, 1.165) is 39.3 Å². The van der Waals surface area contributed by atoms with Gasteiger partial charge in [0.2, 0.25) is 0 Å². The van der Waals surface area contributed by atoms with Crippen molar-refractivity contribution in [2.24, 2.45) is 0 Å². The summed E-state index contributed by atoms with van der Waals surface area (Å²) in [5.41, 5.74) is 4.12. The zero-order valence-electron chi connectivity index (χ0n) is 14.9. The van der Waals surface area contributed by atoms with Crippen molar-refractivity contribution in [2.75, 3.05) is 37.6 Å². The van der Waals surface area contributed by atoms with Crippen LogP contribution in [0.1, 0.15) is 31.0 Å². The highest BCUT2D eigenvalue weighted by atomic mass is 15.3. The molecule has 0 aliphatic carbocycles. The van der Waals surface area contributed by atoms with Crippen molar-refractivity contribution in [3.63, 3.8) is 0 Å². The number of piperazine rings is 1. The first-order valence-electron chi connectivity index (χ1n) is 9.11. The van der Waals surface area contributed by atoms with Gasteiger partial charge in [0, 0.05) is 44.5 Å². The third kappa shape index (κ3) is 4.37. The number of nitrogens with one attached hydrogen (secondary N) is 1. The van der Waals surface area contributed by atoms with E-state index >= 15 is 0 Å². The van der Waals surface area contributed by atoms with Crippen LogP contribution in [-0.4, -0.2) is 37.6 Å². The zero-order valence-corrected chi connectivity index (χ0v) is 14.9. The Kier molecular flexibility index (Phi) is 5.89. The molecular formula is C21H29N3. The highest BCUT2D eigenvalue weighted by Crippen LogP contribution is 2.21. The lowest BCUT2D eigenvalue weighted by Gasteiger charge is -2.36. The first-order valence-corrected chi connectivity index (χ1v) is 9.11. The number of hydrogen-bond acceptors (Lipinski definition) is 3. The highest BCUT2D eigenvalue weighted by molar-refractivity contribution is 5.48. The van der Waals surface area contributed by atoms with Gasteiger partial charge in [-0.3, -0.25) is 4.90 Å². The monoisotopic (exact) mass is 323 g/mol. The van der Waals surface area contributed by atoms with Gasteiger partial charge in [0.15, 0.2) is 0 Å². The van der Waals surface area contributed by atoms with E-state index in [4.69, 9.17) is 0 Å². The molecule has 0 saturated carbocycles. The molecule has 1 fully saturated rings. The molecule has 1 aliphatic rings. The lowest BCUT2D eigenvalue weighted by Crippen LogP contribution is -2.45. The molecule has 0 amide bonds. The molecule has 3 rings (SSSR count). The van der Waals surface area contributed by atoms with Crippen LogP contribution in [0, 0.1) is 0 Å². The molecule has 1 heterocycles. The fourth-order valence-electron chi connectivity index (χ4n) is 3.40. The van der Waals surface area contributed by atoms with E-state index in [1.807, 2.05) is 0 Å². The molecule has 0 bridgehead atoms. The summed E-state index contributed by atoms with van der Waals surface area (Å²) in [5.74, 6) is 0. The van der Waals surface area contributed by atoms with Crippen molar-refractivity contribution in [1.82, 2.24) is 10.2 Å². The molecule has 0 radical (unpaired) electrons. The number of nitrogens with zero attached hydrogens (tertiary/aromatic N) is 2. The minimum absolute atomic E-state index is 0.423. The van der Waals surface area contributed by atoms with E-state index in [1.54, 1.807) is 0 Å². The van der Waals surface area contributed by atoms with E-state index in [2.05, 4.69) is 83.6 Å². The topological polar surface area (TPSA) is 18.5 Å². The summed E-state index contributed by atoms with van der Waals surface area (Å²) in [6, 6.07) is 20.3. The van der Waals surface area contributed by atoms with Crippen LogP contribution in [0.5, 0.6) is 0 Å². The molecule has 1 atom stereocenters. The van der Waals surface area contributed by atoms with Crippen molar-refractivity contribution in [3.05, 3.63) is 65.7 Å². The minimum atomic E-state index is 0.423. The second-order valence-electron chi connectivity index (χ2n) is 6.62. The molecule has 3 heteroatoms. The summed E-state index contributed by atoms with van der Waals surface area (Å²) in [6.07, 6.45) is 0. The predicted octanol–water partition coefficient (Wildman–Crippen LogP) is 3.68. The molecule has 2 aromatic carbocycles. The summed E-state index contributed by atoms with van der Waals surface area (Å²) in [5, 5.41) is 3.47. The zero-order chi connectivity index (χ0) is 16.8. The quantitative estimate of drug-likeness (QED) is 0.875. The average Bonchev–Trinajstić information content (AvgIpc) is 2.64. The second kappa shape index (κ2) is 8.32. The van der Waals surface area contributed by atoms with Crippen LogP contribution in [0.4, 0.5) is 5.69 Å². The van der Waals surface area contributed by atoms with E-state index in [-0.39, 0.29) is 0 Å². The van der Waals surface area contributed by atoms with Crippen LogP contribution >= 0.6 is 0 Å². The summed E-state index contributed by atoms with van der Waals surface area (Å²) in [7, 11) is 0. The van der Waals surface area contributed by atoms with Crippen molar-refractivity contribution < 1.29 is 0 Å². The SMILES string of the molecule is CCNC(C)c1ccc(N2CCN(Cc3ccccc3)CC2)cc1. The molecule has 3 nitrogen and oxygen atoms in total. The molecule has 1 aliphatic heterocycles. The Balaban J connectivity index is 1.53. The lowest BCUT2D eigenvalue weighted by molar-refractivity contribution is 0.250. The Morgan fingerprint density at radius 2 is 1.58 bits per heavy atom. The Morgan fingerprint density at radius 3 is 2.21 bits per heavy atom. The molecule has 24 heavy (non-hydrogen) atoms. The maximum Gasteiger partial charge on any atom is 0.0367 e.